The molecule has 0 saturated heterocycles. The molecule has 1 aromatic rings. The van der Waals surface area contributed by atoms with Crippen LogP contribution in [0.5, 0.6) is 0 Å². The molecule has 0 aliphatic heterocycles. The van der Waals surface area contributed by atoms with Crippen LogP contribution in [0.3, 0.4) is 0 Å². The fourth-order valence-electron chi connectivity index (χ4n) is 1.79. The summed E-state index contributed by atoms with van der Waals surface area (Å²) in [4.78, 5) is 24.0. The topological polar surface area (TPSA) is 103 Å². The van der Waals surface area contributed by atoms with Crippen molar-refractivity contribution in [1.29, 1.82) is 5.41 Å². The lowest BCUT2D eigenvalue weighted by Crippen LogP contribution is -2.19. The van der Waals surface area contributed by atoms with Gasteiger partial charge in [0.2, 0.25) is 0 Å². The average Bonchev–Trinajstić information content (AvgIpc) is 2.61. The SMILES string of the molecule is C=C(/C=C(/C)NC)N/C=C(/C=N)C(=O)Nc1ccccc1C(=O)OC. The van der Waals surface area contributed by atoms with Crippen molar-refractivity contribution in [1.82, 2.24) is 10.6 Å². The third-order valence-corrected chi connectivity index (χ3v) is 3.20. The van der Waals surface area contributed by atoms with Gasteiger partial charge < -0.3 is 26.1 Å². The summed E-state index contributed by atoms with van der Waals surface area (Å²) < 4.78 is 4.69. The van der Waals surface area contributed by atoms with Crippen molar-refractivity contribution in [3.63, 3.8) is 0 Å². The molecule has 0 aliphatic carbocycles. The number of esters is 1. The number of carbonyl (C=O) groups excluding carboxylic acids is 2. The second-order valence-corrected chi connectivity index (χ2v) is 4.98. The van der Waals surface area contributed by atoms with E-state index in [2.05, 4.69) is 27.3 Å². The van der Waals surface area contributed by atoms with Gasteiger partial charge in [-0.1, -0.05) is 18.7 Å². The maximum atomic E-state index is 12.3. The normalized spacial score (nSPS) is 11.3. The molecule has 0 atom stereocenters. The van der Waals surface area contributed by atoms with Gasteiger partial charge in [-0.2, -0.15) is 0 Å². The first-order valence-corrected chi connectivity index (χ1v) is 7.43. The van der Waals surface area contributed by atoms with E-state index in [1.165, 1.54) is 13.3 Å². The number of anilines is 1. The maximum absolute atomic E-state index is 12.3. The van der Waals surface area contributed by atoms with Crippen LogP contribution in [0.25, 0.3) is 0 Å². The van der Waals surface area contributed by atoms with Gasteiger partial charge >= 0.3 is 5.97 Å². The van der Waals surface area contributed by atoms with Crippen LogP contribution in [-0.4, -0.2) is 32.2 Å². The highest BCUT2D eigenvalue weighted by atomic mass is 16.5. The van der Waals surface area contributed by atoms with E-state index in [9.17, 15) is 9.59 Å². The van der Waals surface area contributed by atoms with Gasteiger partial charge in [-0.15, -0.1) is 0 Å². The molecule has 7 nitrogen and oxygen atoms in total. The zero-order valence-corrected chi connectivity index (χ0v) is 14.5. The fraction of sp³-hybridized carbons (Fsp3) is 0.167. The Morgan fingerprint density at radius 2 is 1.96 bits per heavy atom. The largest absolute Gasteiger partial charge is 0.465 e. The van der Waals surface area contributed by atoms with Crippen molar-refractivity contribution >= 4 is 23.8 Å². The number of nitrogens with one attached hydrogen (secondary N) is 4. The van der Waals surface area contributed by atoms with E-state index in [4.69, 9.17) is 5.41 Å². The van der Waals surface area contributed by atoms with Crippen LogP contribution in [0.4, 0.5) is 5.69 Å². The van der Waals surface area contributed by atoms with E-state index in [1.54, 1.807) is 37.4 Å². The Balaban J connectivity index is 2.91. The van der Waals surface area contributed by atoms with Crippen molar-refractivity contribution in [2.45, 2.75) is 6.92 Å². The van der Waals surface area contributed by atoms with Gasteiger partial charge in [0, 0.05) is 30.9 Å². The van der Waals surface area contributed by atoms with Crippen LogP contribution < -0.4 is 16.0 Å². The van der Waals surface area contributed by atoms with E-state index in [0.29, 0.717) is 11.4 Å². The summed E-state index contributed by atoms with van der Waals surface area (Å²) in [6.07, 6.45) is 4.03. The summed E-state index contributed by atoms with van der Waals surface area (Å²) in [7, 11) is 3.05. The molecule has 1 aromatic carbocycles. The summed E-state index contributed by atoms with van der Waals surface area (Å²) in [5, 5.41) is 15.8. The van der Waals surface area contributed by atoms with Gasteiger partial charge in [-0.3, -0.25) is 4.79 Å². The summed E-state index contributed by atoms with van der Waals surface area (Å²) in [6, 6.07) is 6.47. The van der Waals surface area contributed by atoms with Crippen molar-refractivity contribution in [3.05, 3.63) is 65.7 Å². The number of hydrogen-bond donors (Lipinski definition) is 4. The number of benzene rings is 1. The Morgan fingerprint density at radius 1 is 1.28 bits per heavy atom. The molecule has 25 heavy (non-hydrogen) atoms. The van der Waals surface area contributed by atoms with E-state index < -0.39 is 11.9 Å². The molecule has 0 radical (unpaired) electrons. The number of methoxy groups -OCH3 is 1. The third-order valence-electron chi connectivity index (χ3n) is 3.20. The standard InChI is InChI=1S/C18H22N4O3/c1-12(20-3)9-13(2)21-11-14(10-19)17(23)22-16-8-6-5-7-15(16)18(24)25-4/h5-11,19-21H,2H2,1,3-4H3,(H,22,23)/b12-9-,14-11-,19-10?. The zero-order chi connectivity index (χ0) is 18.8. The molecule has 0 heterocycles. The molecule has 0 aliphatic rings. The van der Waals surface area contributed by atoms with Gasteiger partial charge in [0.05, 0.1) is 23.9 Å². The van der Waals surface area contributed by atoms with Crippen molar-refractivity contribution in [3.8, 4) is 0 Å². The molecule has 0 bridgehead atoms. The Bertz CT molecular complexity index is 736. The Hall–Kier alpha value is -3.35. The molecule has 0 saturated carbocycles. The minimum absolute atomic E-state index is 0.0660. The predicted molar refractivity (Wildman–Crippen MR) is 98.4 cm³/mol. The molecule has 1 rings (SSSR count). The Morgan fingerprint density at radius 3 is 2.56 bits per heavy atom. The minimum atomic E-state index is -0.560. The fourth-order valence-corrected chi connectivity index (χ4v) is 1.79. The van der Waals surface area contributed by atoms with E-state index >= 15 is 0 Å². The van der Waals surface area contributed by atoms with Crippen molar-refractivity contribution < 1.29 is 14.3 Å². The van der Waals surface area contributed by atoms with Gasteiger partial charge in [-0.05, 0) is 25.1 Å². The smallest absolute Gasteiger partial charge is 0.339 e. The van der Waals surface area contributed by atoms with Crippen molar-refractivity contribution in [2.24, 2.45) is 0 Å². The molecule has 0 spiro atoms. The molecule has 132 valence electrons. The number of para-hydroxylation sites is 1. The van der Waals surface area contributed by atoms with Gasteiger partial charge in [0.1, 0.15) is 0 Å². The lowest BCUT2D eigenvalue weighted by Gasteiger charge is -2.10. The molecule has 4 N–H and O–H groups in total. The van der Waals surface area contributed by atoms with E-state index in [-0.39, 0.29) is 11.1 Å². The highest BCUT2D eigenvalue weighted by Crippen LogP contribution is 2.16. The highest BCUT2D eigenvalue weighted by molar-refractivity contribution is 6.18. The van der Waals surface area contributed by atoms with Crippen LogP contribution in [0, 0.1) is 5.41 Å². The summed E-state index contributed by atoms with van der Waals surface area (Å²) in [6.45, 7) is 5.67. The molecule has 0 unspecified atom stereocenters. The van der Waals surface area contributed by atoms with Crippen LogP contribution in [0.2, 0.25) is 0 Å². The van der Waals surface area contributed by atoms with Gasteiger partial charge in [0.25, 0.3) is 5.91 Å². The molecule has 1 amide bonds. The lowest BCUT2D eigenvalue weighted by atomic mass is 10.1. The molecule has 0 fully saturated rings. The Kier molecular flexibility index (Phi) is 7.65. The van der Waals surface area contributed by atoms with Crippen molar-refractivity contribution in [2.75, 3.05) is 19.5 Å². The number of ether oxygens (including phenoxy) is 1. The minimum Gasteiger partial charge on any atom is -0.465 e. The van der Waals surface area contributed by atoms with E-state index in [1.807, 2.05) is 6.92 Å². The lowest BCUT2D eigenvalue weighted by molar-refractivity contribution is -0.112. The van der Waals surface area contributed by atoms with Crippen LogP contribution in [0.15, 0.2) is 60.1 Å². The third kappa shape index (κ3) is 5.98. The number of carbonyl (C=O) groups is 2. The number of allylic oxidation sites excluding steroid dienone is 2. The molecule has 0 aromatic heterocycles. The molecular weight excluding hydrogens is 320 g/mol. The second-order valence-electron chi connectivity index (χ2n) is 4.98. The second kappa shape index (κ2) is 9.71. The highest BCUT2D eigenvalue weighted by Gasteiger charge is 2.14. The summed E-state index contributed by atoms with van der Waals surface area (Å²) in [5.74, 6) is -1.10. The quantitative estimate of drug-likeness (QED) is 0.251. The van der Waals surface area contributed by atoms with E-state index in [0.717, 1.165) is 11.9 Å². The van der Waals surface area contributed by atoms with Crippen LogP contribution in [0.1, 0.15) is 17.3 Å². The van der Waals surface area contributed by atoms with Crippen LogP contribution in [-0.2, 0) is 9.53 Å². The summed E-state index contributed by atoms with van der Waals surface area (Å²) in [5.41, 5.74) is 2.04. The van der Waals surface area contributed by atoms with Crippen LogP contribution >= 0.6 is 0 Å². The average molecular weight is 342 g/mol. The Labute approximate surface area is 147 Å². The predicted octanol–water partition coefficient (Wildman–Crippen LogP) is 2.17. The molecule has 7 heteroatoms. The molecular formula is C18H22N4O3. The maximum Gasteiger partial charge on any atom is 0.339 e. The number of amides is 1. The summed E-state index contributed by atoms with van der Waals surface area (Å²) >= 11 is 0. The number of rotatable bonds is 8. The first kappa shape index (κ1) is 19.7. The first-order chi connectivity index (χ1) is 11.9. The zero-order valence-electron chi connectivity index (χ0n) is 14.5. The monoisotopic (exact) mass is 342 g/mol. The first-order valence-electron chi connectivity index (χ1n) is 7.43. The van der Waals surface area contributed by atoms with Gasteiger partial charge in [-0.25, -0.2) is 4.79 Å². The number of hydrogen-bond acceptors (Lipinski definition) is 6. The van der Waals surface area contributed by atoms with Gasteiger partial charge in [0.15, 0.2) is 0 Å².